The van der Waals surface area contributed by atoms with E-state index in [0.717, 1.165) is 5.76 Å². The van der Waals surface area contributed by atoms with Crippen molar-refractivity contribution >= 4 is 33.7 Å². The van der Waals surface area contributed by atoms with E-state index < -0.39 is 5.97 Å². The Labute approximate surface area is 101 Å². The summed E-state index contributed by atoms with van der Waals surface area (Å²) in [6, 6.07) is 3.65. The molecule has 0 saturated heterocycles. The number of hydrogen-bond donors (Lipinski definition) is 1. The lowest BCUT2D eigenvalue weighted by Crippen LogP contribution is -2.22. The molecular weight excluding hydrogens is 280 g/mol. The molecule has 0 aromatic carbocycles. The summed E-state index contributed by atoms with van der Waals surface area (Å²) < 4.78 is 5.97. The smallest absolute Gasteiger partial charge is 0.316 e. The minimum Gasteiger partial charge on any atom is -0.480 e. The highest BCUT2D eigenvalue weighted by molar-refractivity contribution is 9.10. The zero-order chi connectivity index (χ0) is 11.4. The van der Waals surface area contributed by atoms with Gasteiger partial charge in [-0.3, -0.25) is 4.79 Å². The number of carboxylic acid groups (broad SMARTS) is 1. The second kappa shape index (κ2) is 5.61. The van der Waals surface area contributed by atoms with Crippen LogP contribution in [0.4, 0.5) is 0 Å². The van der Waals surface area contributed by atoms with E-state index in [1.165, 1.54) is 11.8 Å². The second-order valence-electron chi connectivity index (χ2n) is 3.52. The van der Waals surface area contributed by atoms with Gasteiger partial charge in [0.05, 0.1) is 5.75 Å². The number of halogens is 1. The predicted molar refractivity (Wildman–Crippen MR) is 64.0 cm³/mol. The van der Waals surface area contributed by atoms with Crippen molar-refractivity contribution in [3.8, 4) is 0 Å². The zero-order valence-corrected chi connectivity index (χ0v) is 11.0. The van der Waals surface area contributed by atoms with Crippen molar-refractivity contribution in [2.24, 2.45) is 5.92 Å². The van der Waals surface area contributed by atoms with Gasteiger partial charge in [0, 0.05) is 0 Å². The molecule has 3 nitrogen and oxygen atoms in total. The first-order valence-corrected chi connectivity index (χ1v) is 6.43. The lowest BCUT2D eigenvalue weighted by atomic mass is 10.1. The fourth-order valence-corrected chi connectivity index (χ4v) is 2.52. The Morgan fingerprint density at radius 2 is 2.27 bits per heavy atom. The lowest BCUT2D eigenvalue weighted by molar-refractivity contribution is -0.137. The molecule has 1 N–H and O–H groups in total. The second-order valence-corrected chi connectivity index (χ2v) is 5.43. The Hall–Kier alpha value is -0.420. The van der Waals surface area contributed by atoms with Crippen LogP contribution in [0.2, 0.25) is 0 Å². The summed E-state index contributed by atoms with van der Waals surface area (Å²) in [5, 5.41) is 8.59. The maximum Gasteiger partial charge on any atom is 0.316 e. The first-order valence-electron chi connectivity index (χ1n) is 4.59. The molecule has 0 aliphatic carbocycles. The van der Waals surface area contributed by atoms with Gasteiger partial charge in [-0.2, -0.15) is 0 Å². The van der Waals surface area contributed by atoms with Crippen LogP contribution >= 0.6 is 27.7 Å². The molecule has 0 saturated carbocycles. The predicted octanol–water partition coefficient (Wildman–Crippen LogP) is 3.38. The molecule has 0 bridgehead atoms. The van der Waals surface area contributed by atoms with Gasteiger partial charge < -0.3 is 9.52 Å². The molecule has 1 aromatic heterocycles. The molecule has 5 heteroatoms. The van der Waals surface area contributed by atoms with Gasteiger partial charge >= 0.3 is 5.97 Å². The maximum absolute atomic E-state index is 10.9. The number of thioether (sulfide) groups is 1. The highest BCUT2D eigenvalue weighted by atomic mass is 79.9. The number of hydrogen-bond acceptors (Lipinski definition) is 3. The lowest BCUT2D eigenvalue weighted by Gasteiger charge is -2.14. The quantitative estimate of drug-likeness (QED) is 0.904. The number of carbonyl (C=O) groups is 1. The van der Waals surface area contributed by atoms with Crippen molar-refractivity contribution in [1.82, 2.24) is 0 Å². The van der Waals surface area contributed by atoms with E-state index >= 15 is 0 Å². The van der Waals surface area contributed by atoms with Crippen LogP contribution in [0.25, 0.3) is 0 Å². The summed E-state index contributed by atoms with van der Waals surface area (Å²) in [4.78, 5) is 10.9. The molecule has 0 fully saturated rings. The van der Waals surface area contributed by atoms with Gasteiger partial charge in [-0.05, 0) is 34.0 Å². The molecule has 15 heavy (non-hydrogen) atoms. The summed E-state index contributed by atoms with van der Waals surface area (Å²) in [5.74, 6) is 0.728. The van der Waals surface area contributed by atoms with Crippen molar-refractivity contribution < 1.29 is 14.3 Å². The largest absolute Gasteiger partial charge is 0.480 e. The molecule has 1 heterocycles. The highest BCUT2D eigenvalue weighted by Gasteiger charge is 2.22. The van der Waals surface area contributed by atoms with Gasteiger partial charge in [-0.1, -0.05) is 13.8 Å². The third-order valence-corrected chi connectivity index (χ3v) is 3.87. The molecule has 1 unspecified atom stereocenters. The van der Waals surface area contributed by atoms with Crippen LogP contribution in [0, 0.1) is 5.92 Å². The van der Waals surface area contributed by atoms with Crippen molar-refractivity contribution in [3.63, 3.8) is 0 Å². The first-order chi connectivity index (χ1) is 7.00. The minimum atomic E-state index is -0.763. The number of aliphatic carboxylic acids is 1. The summed E-state index contributed by atoms with van der Waals surface area (Å²) in [5.41, 5.74) is 0. The number of carboxylic acids is 1. The average Bonchev–Trinajstić information content (AvgIpc) is 2.50. The first kappa shape index (κ1) is 12.6. The molecule has 0 radical (unpaired) electrons. The standard InChI is InChI=1S/C10H13BrO3S/c1-6(2)9(10(12)13)15-5-7-3-4-8(11)14-7/h3-4,6,9H,5H2,1-2H3,(H,12,13). The third-order valence-electron chi connectivity index (χ3n) is 1.88. The molecular formula is C10H13BrO3S. The van der Waals surface area contributed by atoms with Crippen molar-refractivity contribution in [2.75, 3.05) is 0 Å². The average molecular weight is 293 g/mol. The Balaban J connectivity index is 2.50. The van der Waals surface area contributed by atoms with Gasteiger partial charge in [-0.15, -0.1) is 11.8 Å². The number of furan rings is 1. The normalized spacial score (nSPS) is 13.1. The van der Waals surface area contributed by atoms with Crippen LogP contribution < -0.4 is 0 Å². The molecule has 1 aromatic rings. The van der Waals surface area contributed by atoms with Gasteiger partial charge in [-0.25, -0.2) is 0 Å². The van der Waals surface area contributed by atoms with Gasteiger partial charge in [0.2, 0.25) is 0 Å². The van der Waals surface area contributed by atoms with Crippen LogP contribution in [0.1, 0.15) is 19.6 Å². The molecule has 0 spiro atoms. The van der Waals surface area contributed by atoms with Crippen LogP contribution in [0.3, 0.4) is 0 Å². The van der Waals surface area contributed by atoms with E-state index in [-0.39, 0.29) is 11.2 Å². The Kier molecular flexibility index (Phi) is 4.73. The van der Waals surface area contributed by atoms with Crippen LogP contribution in [0.5, 0.6) is 0 Å². The van der Waals surface area contributed by atoms with E-state index in [1.54, 1.807) is 6.07 Å². The summed E-state index contributed by atoms with van der Waals surface area (Å²) in [6.45, 7) is 3.81. The molecule has 0 aliphatic rings. The molecule has 84 valence electrons. The SMILES string of the molecule is CC(C)C(SCc1ccc(Br)o1)C(=O)O. The van der Waals surface area contributed by atoms with Crippen LogP contribution in [-0.2, 0) is 10.5 Å². The van der Waals surface area contributed by atoms with Crippen molar-refractivity contribution in [1.29, 1.82) is 0 Å². The van der Waals surface area contributed by atoms with E-state index in [1.807, 2.05) is 19.9 Å². The summed E-state index contributed by atoms with van der Waals surface area (Å²) in [6.07, 6.45) is 0. The fourth-order valence-electron chi connectivity index (χ4n) is 1.15. The van der Waals surface area contributed by atoms with Crippen molar-refractivity contribution in [2.45, 2.75) is 24.9 Å². The summed E-state index contributed by atoms with van der Waals surface area (Å²) >= 11 is 4.59. The van der Waals surface area contributed by atoms with E-state index in [9.17, 15) is 4.79 Å². The Morgan fingerprint density at radius 3 is 2.67 bits per heavy atom. The van der Waals surface area contributed by atoms with E-state index in [4.69, 9.17) is 9.52 Å². The monoisotopic (exact) mass is 292 g/mol. The van der Waals surface area contributed by atoms with Crippen LogP contribution in [-0.4, -0.2) is 16.3 Å². The fraction of sp³-hybridized carbons (Fsp3) is 0.500. The summed E-state index contributed by atoms with van der Waals surface area (Å²) in [7, 11) is 0. The number of rotatable bonds is 5. The van der Waals surface area contributed by atoms with Gasteiger partial charge in [0.25, 0.3) is 0 Å². The molecule has 1 atom stereocenters. The highest BCUT2D eigenvalue weighted by Crippen LogP contribution is 2.25. The maximum atomic E-state index is 10.9. The Morgan fingerprint density at radius 1 is 1.60 bits per heavy atom. The third kappa shape index (κ3) is 3.91. The van der Waals surface area contributed by atoms with Crippen LogP contribution in [0.15, 0.2) is 21.2 Å². The molecule has 0 amide bonds. The minimum absolute atomic E-state index is 0.117. The topological polar surface area (TPSA) is 50.4 Å². The Bertz CT molecular complexity index is 335. The van der Waals surface area contributed by atoms with E-state index in [2.05, 4.69) is 15.9 Å². The zero-order valence-electron chi connectivity index (χ0n) is 8.57. The molecule has 0 aliphatic heterocycles. The molecule has 1 rings (SSSR count). The van der Waals surface area contributed by atoms with Gasteiger partial charge in [0.15, 0.2) is 4.67 Å². The van der Waals surface area contributed by atoms with E-state index in [0.29, 0.717) is 10.4 Å². The van der Waals surface area contributed by atoms with Gasteiger partial charge in [0.1, 0.15) is 11.0 Å². The van der Waals surface area contributed by atoms with Crippen molar-refractivity contribution in [3.05, 3.63) is 22.6 Å².